The van der Waals surface area contributed by atoms with E-state index in [9.17, 15) is 20.1 Å². The van der Waals surface area contributed by atoms with E-state index in [1.54, 1.807) is 12.3 Å². The molecule has 1 aromatic carbocycles. The van der Waals surface area contributed by atoms with E-state index in [4.69, 9.17) is 24.1 Å². The van der Waals surface area contributed by atoms with Crippen LogP contribution < -0.4 is 25.4 Å². The number of benzene rings is 1. The molecule has 2 aliphatic carbocycles. The molecule has 272 valence electrons. The number of nitrogens with zero attached hydrogens (tertiary/aromatic N) is 3. The van der Waals surface area contributed by atoms with Crippen molar-refractivity contribution < 1.29 is 33.6 Å². The van der Waals surface area contributed by atoms with Crippen molar-refractivity contribution in [2.45, 2.75) is 53.7 Å². The summed E-state index contributed by atoms with van der Waals surface area (Å²) in [5.41, 5.74) is 3.29. The molecule has 0 radical (unpaired) electrons. The molecular weight excluding hydrogens is 664 g/mol. The second-order valence-electron chi connectivity index (χ2n) is 13.6. The molecule has 1 aliphatic heterocycles. The number of fused-ring (bicyclic) bond motifs is 1. The number of hydrogen-bond donors (Lipinski definition) is 4. The average molecular weight is 709 g/mol. The minimum atomic E-state index is -1.31. The quantitative estimate of drug-likeness (QED) is 0.156. The largest absolute Gasteiger partial charge is 0.491 e. The molecule has 3 atom stereocenters. The number of allylic oxidation sites excluding steroid dienone is 4. The average Bonchev–Trinajstić information content (AvgIpc) is 3.34. The minimum Gasteiger partial charge on any atom is -0.491 e. The van der Waals surface area contributed by atoms with Crippen molar-refractivity contribution in [1.29, 1.82) is 10.5 Å². The Bertz CT molecular complexity index is 1920. The highest BCUT2D eigenvalue weighted by Gasteiger charge is 2.56. The van der Waals surface area contributed by atoms with E-state index in [-0.39, 0.29) is 31.1 Å². The van der Waals surface area contributed by atoms with Crippen LogP contribution in [-0.2, 0) is 27.4 Å². The van der Waals surface area contributed by atoms with Crippen LogP contribution in [0.2, 0.25) is 0 Å². The van der Waals surface area contributed by atoms with Crippen LogP contribution in [-0.4, -0.2) is 55.0 Å². The monoisotopic (exact) mass is 708 g/mol. The molecule has 13 nitrogen and oxygen atoms in total. The van der Waals surface area contributed by atoms with Crippen LogP contribution in [0, 0.1) is 46.3 Å². The Kier molecular flexibility index (Phi) is 11.6. The fourth-order valence-electron chi connectivity index (χ4n) is 7.07. The Labute approximate surface area is 303 Å². The van der Waals surface area contributed by atoms with Gasteiger partial charge in [-0.1, -0.05) is 33.4 Å². The number of hydrogen-bond acceptors (Lipinski definition) is 10. The zero-order chi connectivity index (χ0) is 37.5. The number of aromatic nitrogens is 1. The first-order chi connectivity index (χ1) is 24.9. The zero-order valence-corrected chi connectivity index (χ0v) is 29.9. The lowest BCUT2D eigenvalue weighted by Gasteiger charge is -2.46. The molecule has 0 saturated heterocycles. The van der Waals surface area contributed by atoms with Gasteiger partial charge < -0.3 is 40.0 Å². The van der Waals surface area contributed by atoms with E-state index in [2.05, 4.69) is 66.5 Å². The number of ether oxygens (including phenoxy) is 4. The Morgan fingerprint density at radius 1 is 1.08 bits per heavy atom. The Morgan fingerprint density at radius 2 is 1.85 bits per heavy atom. The summed E-state index contributed by atoms with van der Waals surface area (Å²) in [6.07, 6.45) is 8.61. The van der Waals surface area contributed by atoms with Gasteiger partial charge in [0.15, 0.2) is 5.76 Å². The van der Waals surface area contributed by atoms with Crippen molar-refractivity contribution in [3.63, 3.8) is 0 Å². The van der Waals surface area contributed by atoms with Crippen LogP contribution in [0.15, 0.2) is 77.7 Å². The summed E-state index contributed by atoms with van der Waals surface area (Å²) in [5, 5.41) is 36.8. The van der Waals surface area contributed by atoms with Crippen molar-refractivity contribution in [2.24, 2.45) is 16.7 Å². The summed E-state index contributed by atoms with van der Waals surface area (Å²) >= 11 is 0. The summed E-state index contributed by atoms with van der Waals surface area (Å²) in [4.78, 5) is 27.0. The molecule has 2 heterocycles. The number of aliphatic carboxylic acids is 1. The van der Waals surface area contributed by atoms with Crippen molar-refractivity contribution in [3.8, 4) is 23.6 Å². The summed E-state index contributed by atoms with van der Waals surface area (Å²) in [7, 11) is 0. The lowest BCUT2D eigenvalue weighted by atomic mass is 9.57. The van der Waals surface area contributed by atoms with Gasteiger partial charge in [0, 0.05) is 72.0 Å². The summed E-state index contributed by atoms with van der Waals surface area (Å²) in [5.74, 6) is 1.53. The SMILES string of the molecule is C=C(NC(=O)NCCNCc1cc(C)c(OCC2=C(C#N)[C@]3(C)C(C)CC4=C(C=C[C@]3(C)C2)OCCO4)cc1OCc1cncc(C#N)c1)C(=O)O. The number of pyridine rings is 1. The van der Waals surface area contributed by atoms with Gasteiger partial charge in [0.2, 0.25) is 0 Å². The maximum Gasteiger partial charge on any atom is 0.351 e. The van der Waals surface area contributed by atoms with E-state index in [0.29, 0.717) is 56.2 Å². The highest BCUT2D eigenvalue weighted by Crippen LogP contribution is 2.62. The molecule has 52 heavy (non-hydrogen) atoms. The molecule has 2 amide bonds. The van der Waals surface area contributed by atoms with Gasteiger partial charge in [-0.3, -0.25) is 4.98 Å². The third-order valence-corrected chi connectivity index (χ3v) is 10.2. The topological polar surface area (TPSA) is 188 Å². The van der Waals surface area contributed by atoms with E-state index in [0.717, 1.165) is 39.4 Å². The standard InChI is InChI=1S/C39H44N6O7/c1-24-12-29(21-42-8-9-44-37(48)45-26(3)36(46)47)34(51-22-28-14-27(17-40)19-43-20-28)15-33(24)52-23-30-16-38(4)7-6-32-35(50-11-10-49-32)13-25(2)39(38,5)31(30)18-41/h6-7,12,14-15,19-20,25,42H,3,8-11,13,16,21-23H2,1-2,4-5H3,(H,46,47)(H2,44,45,48)/t25?,38-,39+/m1/s1. The molecule has 13 heteroatoms. The molecule has 1 unspecified atom stereocenters. The molecule has 0 bridgehead atoms. The van der Waals surface area contributed by atoms with E-state index in [1.807, 2.05) is 25.1 Å². The van der Waals surface area contributed by atoms with Crippen molar-refractivity contribution >= 4 is 12.0 Å². The predicted octanol–water partition coefficient (Wildman–Crippen LogP) is 5.30. The second kappa shape index (κ2) is 16.0. The first-order valence-electron chi connectivity index (χ1n) is 17.1. The number of nitrogens with one attached hydrogen (secondary N) is 3. The fraction of sp³-hybridized carbons (Fsp3) is 0.410. The van der Waals surface area contributed by atoms with Crippen LogP contribution in [0.3, 0.4) is 0 Å². The number of urea groups is 1. The molecule has 1 aromatic heterocycles. The molecule has 5 rings (SSSR count). The Balaban J connectivity index is 1.33. The molecule has 0 saturated carbocycles. The smallest absolute Gasteiger partial charge is 0.351 e. The Morgan fingerprint density at radius 3 is 2.60 bits per heavy atom. The maximum absolute atomic E-state index is 11.9. The van der Waals surface area contributed by atoms with E-state index >= 15 is 0 Å². The van der Waals surface area contributed by atoms with Crippen LogP contribution in [0.25, 0.3) is 0 Å². The summed E-state index contributed by atoms with van der Waals surface area (Å²) in [6.45, 7) is 14.2. The summed E-state index contributed by atoms with van der Waals surface area (Å²) < 4.78 is 24.7. The van der Waals surface area contributed by atoms with Gasteiger partial charge in [-0.05, 0) is 48.6 Å². The first-order valence-corrected chi connectivity index (χ1v) is 17.1. The number of carbonyl (C=O) groups excluding carboxylic acids is 1. The molecular formula is C39H44N6O7. The molecule has 3 aliphatic rings. The van der Waals surface area contributed by atoms with Crippen LogP contribution >= 0.6 is 0 Å². The number of rotatable bonds is 13. The van der Waals surface area contributed by atoms with Gasteiger partial charge in [-0.2, -0.15) is 10.5 Å². The van der Waals surface area contributed by atoms with Gasteiger partial charge in [0.25, 0.3) is 0 Å². The zero-order valence-electron chi connectivity index (χ0n) is 29.9. The van der Waals surface area contributed by atoms with Gasteiger partial charge in [0.1, 0.15) is 55.5 Å². The third kappa shape index (κ3) is 8.06. The molecule has 2 aromatic rings. The van der Waals surface area contributed by atoms with Crippen LogP contribution in [0.4, 0.5) is 4.79 Å². The molecule has 0 spiro atoms. The van der Waals surface area contributed by atoms with Crippen LogP contribution in [0.1, 0.15) is 55.9 Å². The normalized spacial score (nSPS) is 21.9. The molecule has 4 N–H and O–H groups in total. The number of carboxylic acids is 1. The predicted molar refractivity (Wildman–Crippen MR) is 190 cm³/mol. The van der Waals surface area contributed by atoms with E-state index < -0.39 is 23.1 Å². The number of carbonyl (C=O) groups is 2. The number of carboxylic acid groups (broad SMARTS) is 1. The summed E-state index contributed by atoms with van der Waals surface area (Å²) in [6, 6.07) is 9.49. The van der Waals surface area contributed by atoms with Crippen LogP contribution in [0.5, 0.6) is 11.5 Å². The number of amides is 2. The van der Waals surface area contributed by atoms with E-state index in [1.165, 1.54) is 6.20 Å². The second-order valence-corrected chi connectivity index (χ2v) is 13.6. The lowest BCUT2D eigenvalue weighted by molar-refractivity contribution is -0.132. The van der Waals surface area contributed by atoms with Gasteiger partial charge >= 0.3 is 12.0 Å². The van der Waals surface area contributed by atoms with Gasteiger partial charge in [-0.25, -0.2) is 9.59 Å². The van der Waals surface area contributed by atoms with Crippen molar-refractivity contribution in [1.82, 2.24) is 20.9 Å². The van der Waals surface area contributed by atoms with Gasteiger partial charge in [-0.15, -0.1) is 0 Å². The minimum absolute atomic E-state index is 0.0950. The van der Waals surface area contributed by atoms with Crippen molar-refractivity contribution in [3.05, 3.63) is 99.9 Å². The highest BCUT2D eigenvalue weighted by molar-refractivity contribution is 5.91. The highest BCUT2D eigenvalue weighted by atomic mass is 16.6. The number of nitriles is 2. The first kappa shape index (κ1) is 37.5. The molecule has 0 fully saturated rings. The van der Waals surface area contributed by atoms with Gasteiger partial charge in [0.05, 0.1) is 11.6 Å². The number of aryl methyl sites for hydroxylation is 1. The fourth-order valence-corrected chi connectivity index (χ4v) is 7.07. The Hall–Kier alpha value is -5.79. The third-order valence-electron chi connectivity index (χ3n) is 10.2. The maximum atomic E-state index is 11.9. The van der Waals surface area contributed by atoms with Crippen molar-refractivity contribution in [2.75, 3.05) is 32.9 Å². The lowest BCUT2D eigenvalue weighted by Crippen LogP contribution is -2.40.